The molecule has 0 spiro atoms. The number of hydrogen-bond acceptors (Lipinski definition) is 3. The summed E-state index contributed by atoms with van der Waals surface area (Å²) in [6, 6.07) is 1.48. The first-order chi connectivity index (χ1) is 9.08. The van der Waals surface area contributed by atoms with E-state index in [2.05, 4.69) is 4.74 Å². The van der Waals surface area contributed by atoms with Gasteiger partial charge in [0.2, 0.25) is 0 Å². The first-order valence-corrected chi connectivity index (χ1v) is 6.00. The molecule has 0 amide bonds. The van der Waals surface area contributed by atoms with E-state index in [1.165, 1.54) is 6.92 Å². The van der Waals surface area contributed by atoms with Gasteiger partial charge in [0.1, 0.15) is 11.5 Å². The van der Waals surface area contributed by atoms with Gasteiger partial charge in [0.25, 0.3) is 0 Å². The second-order valence-corrected chi connectivity index (χ2v) is 4.62. The number of carbonyl (C=O) groups is 1. The van der Waals surface area contributed by atoms with E-state index < -0.39 is 23.9 Å². The maximum absolute atomic E-state index is 13.4. The van der Waals surface area contributed by atoms with Crippen molar-refractivity contribution in [1.82, 2.24) is 0 Å². The fraction of sp³-hybridized carbons (Fsp3) is 0.182. The smallest absolute Gasteiger partial charge is 0.478 e. The summed E-state index contributed by atoms with van der Waals surface area (Å²) >= 11 is 1.61. The zero-order valence-electron chi connectivity index (χ0n) is 9.79. The lowest BCUT2D eigenvalue weighted by molar-refractivity contribution is -0.275. The van der Waals surface area contributed by atoms with Crippen LogP contribution in [0.3, 0.4) is 0 Å². The number of hydrogen-bond donors (Lipinski definition) is 1. The van der Waals surface area contributed by atoms with Crippen molar-refractivity contribution in [1.29, 1.82) is 0 Å². The third-order valence-corrected chi connectivity index (χ3v) is 2.65. The van der Waals surface area contributed by atoms with E-state index in [-0.39, 0.29) is 15.1 Å². The van der Waals surface area contributed by atoms with E-state index in [0.29, 0.717) is 6.07 Å². The van der Waals surface area contributed by atoms with Crippen LogP contribution in [0, 0.1) is 9.39 Å². The van der Waals surface area contributed by atoms with Gasteiger partial charge in [-0.3, -0.25) is 0 Å². The van der Waals surface area contributed by atoms with Crippen molar-refractivity contribution in [3.63, 3.8) is 0 Å². The largest absolute Gasteiger partial charge is 0.573 e. The summed E-state index contributed by atoms with van der Waals surface area (Å²) in [5.41, 5.74) is 0. The topological polar surface area (TPSA) is 55.8 Å². The van der Waals surface area contributed by atoms with Gasteiger partial charge in [0.15, 0.2) is 11.6 Å². The summed E-state index contributed by atoms with van der Waals surface area (Å²) in [7, 11) is 0. The van der Waals surface area contributed by atoms with E-state index in [0.717, 1.165) is 12.1 Å². The van der Waals surface area contributed by atoms with Crippen molar-refractivity contribution in [2.75, 3.05) is 0 Å². The summed E-state index contributed by atoms with van der Waals surface area (Å²) in [4.78, 5) is 10.4. The van der Waals surface area contributed by atoms with Gasteiger partial charge < -0.3 is 14.6 Å². The van der Waals surface area contributed by atoms with Crippen LogP contribution in [0.1, 0.15) is 6.92 Å². The molecule has 0 aliphatic rings. The number of allylic oxidation sites excluding steroid dienone is 1. The molecular weight excluding hydrogens is 399 g/mol. The molecule has 0 unspecified atom stereocenters. The maximum Gasteiger partial charge on any atom is 0.573 e. The molecule has 0 atom stereocenters. The van der Waals surface area contributed by atoms with Crippen molar-refractivity contribution >= 4 is 28.6 Å². The molecule has 0 saturated carbocycles. The predicted molar refractivity (Wildman–Crippen MR) is 67.8 cm³/mol. The molecule has 1 aromatic carbocycles. The summed E-state index contributed by atoms with van der Waals surface area (Å²) in [6.45, 7) is 1.31. The second-order valence-electron chi connectivity index (χ2n) is 3.46. The minimum absolute atomic E-state index is 0.0562. The molecule has 1 N–H and O–H groups in total. The van der Waals surface area contributed by atoms with Gasteiger partial charge in [0.05, 0.1) is 9.65 Å². The van der Waals surface area contributed by atoms with Crippen molar-refractivity contribution < 1.29 is 36.9 Å². The minimum atomic E-state index is -5.01. The van der Waals surface area contributed by atoms with Crippen molar-refractivity contribution in [3.8, 4) is 11.5 Å². The lowest BCUT2D eigenvalue weighted by Gasteiger charge is -2.13. The van der Waals surface area contributed by atoms with Gasteiger partial charge in [-0.2, -0.15) is 0 Å². The Morgan fingerprint density at radius 3 is 2.45 bits per heavy atom. The molecule has 0 aliphatic heterocycles. The van der Waals surface area contributed by atoms with E-state index in [1.54, 1.807) is 22.6 Å². The molecule has 0 aliphatic carbocycles. The average Bonchev–Trinajstić information content (AvgIpc) is 2.22. The van der Waals surface area contributed by atoms with Gasteiger partial charge >= 0.3 is 12.3 Å². The van der Waals surface area contributed by atoms with E-state index >= 15 is 0 Å². The quantitative estimate of drug-likeness (QED) is 0.359. The molecule has 0 aromatic heterocycles. The highest BCUT2D eigenvalue weighted by Gasteiger charge is 2.32. The molecule has 4 nitrogen and oxygen atoms in total. The number of aliphatic carboxylic acids is 1. The highest BCUT2D eigenvalue weighted by molar-refractivity contribution is 14.1. The summed E-state index contributed by atoms with van der Waals surface area (Å²) in [5.74, 6) is -3.71. The highest BCUT2D eigenvalue weighted by Crippen LogP contribution is 2.33. The van der Waals surface area contributed by atoms with Crippen LogP contribution in [0.5, 0.6) is 11.5 Å². The van der Waals surface area contributed by atoms with Gasteiger partial charge in [-0.15, -0.1) is 13.2 Å². The van der Waals surface area contributed by atoms with Crippen LogP contribution in [0.25, 0.3) is 0 Å². The van der Waals surface area contributed by atoms with Crippen LogP contribution in [-0.2, 0) is 4.79 Å². The summed E-state index contributed by atoms with van der Waals surface area (Å²) in [5, 5.41) is 8.48. The van der Waals surface area contributed by atoms with E-state index in [4.69, 9.17) is 9.84 Å². The third kappa shape index (κ3) is 5.23. The Morgan fingerprint density at radius 2 is 1.95 bits per heavy atom. The fourth-order valence-electron chi connectivity index (χ4n) is 1.17. The number of carboxylic acid groups (broad SMARTS) is 1. The maximum atomic E-state index is 13.4. The van der Waals surface area contributed by atoms with Crippen LogP contribution in [-0.4, -0.2) is 17.4 Å². The first-order valence-electron chi connectivity index (χ1n) is 4.92. The lowest BCUT2D eigenvalue weighted by atomic mass is 10.3. The molecule has 0 saturated heterocycles. The number of benzene rings is 1. The van der Waals surface area contributed by atoms with Crippen molar-refractivity contribution in [2.24, 2.45) is 0 Å². The number of carboxylic acids is 1. The minimum Gasteiger partial charge on any atom is -0.478 e. The van der Waals surface area contributed by atoms with Gasteiger partial charge in [-0.05, 0) is 29.5 Å². The highest BCUT2D eigenvalue weighted by atomic mass is 127. The molecule has 9 heteroatoms. The first kappa shape index (κ1) is 16.5. The molecule has 20 heavy (non-hydrogen) atoms. The molecule has 0 bridgehead atoms. The van der Waals surface area contributed by atoms with E-state index in [9.17, 15) is 22.4 Å². The molecule has 1 rings (SSSR count). The second kappa shape index (κ2) is 6.29. The standard InChI is InChI=1S/C11H7F4IO4/c1-5(2-10(17)18)19-9-3-6(12)8(4-7(9)16)20-11(13,14)15/h2-4H,1H3,(H,17,18)/b5-2+. The Hall–Kier alpha value is -1.52. The molecule has 1 aromatic rings. The summed E-state index contributed by atoms with van der Waals surface area (Å²) < 4.78 is 58.1. The van der Waals surface area contributed by atoms with Crippen LogP contribution in [0.2, 0.25) is 0 Å². The molecule has 110 valence electrons. The van der Waals surface area contributed by atoms with Crippen LogP contribution in [0.4, 0.5) is 17.6 Å². The number of rotatable bonds is 4. The van der Waals surface area contributed by atoms with Crippen LogP contribution >= 0.6 is 22.6 Å². The molecule has 0 fully saturated rings. The lowest BCUT2D eigenvalue weighted by Crippen LogP contribution is -2.18. The number of alkyl halides is 3. The molecule has 0 heterocycles. The predicted octanol–water partition coefficient (Wildman–Crippen LogP) is 3.70. The molecule has 0 radical (unpaired) electrons. The Bertz CT molecular complexity index is 554. The zero-order chi connectivity index (χ0) is 15.5. The zero-order valence-corrected chi connectivity index (χ0v) is 12.0. The van der Waals surface area contributed by atoms with Crippen LogP contribution < -0.4 is 9.47 Å². The SMILES string of the molecule is C/C(=C\C(=O)O)Oc1cc(F)c(OC(F)(F)F)cc1I. The Morgan fingerprint density at radius 1 is 1.35 bits per heavy atom. The average molecular weight is 406 g/mol. The third-order valence-electron chi connectivity index (χ3n) is 1.81. The van der Waals surface area contributed by atoms with Gasteiger partial charge in [0, 0.05) is 12.1 Å². The number of halogens is 5. The molecular formula is C11H7F4IO4. The van der Waals surface area contributed by atoms with Crippen LogP contribution in [0.15, 0.2) is 24.0 Å². The Labute approximate surface area is 124 Å². The monoisotopic (exact) mass is 406 g/mol. The number of ether oxygens (including phenoxy) is 2. The van der Waals surface area contributed by atoms with Crippen molar-refractivity contribution in [3.05, 3.63) is 33.4 Å². The Kier molecular flexibility index (Phi) is 5.20. The fourth-order valence-corrected chi connectivity index (χ4v) is 1.72. The van der Waals surface area contributed by atoms with Gasteiger partial charge in [-0.25, -0.2) is 9.18 Å². The summed E-state index contributed by atoms with van der Waals surface area (Å²) in [6.07, 6.45) is -4.28. The van der Waals surface area contributed by atoms with Gasteiger partial charge in [-0.1, -0.05) is 0 Å². The normalized spacial score (nSPS) is 12.2. The van der Waals surface area contributed by atoms with E-state index in [1.807, 2.05) is 0 Å². The Balaban J connectivity index is 3.03. The van der Waals surface area contributed by atoms with Crippen molar-refractivity contribution in [2.45, 2.75) is 13.3 Å².